The van der Waals surface area contributed by atoms with Crippen LogP contribution in [-0.4, -0.2) is 30.2 Å². The molecule has 5 rings (SSSR count). The maximum absolute atomic E-state index is 13.0. The summed E-state index contributed by atoms with van der Waals surface area (Å²) in [5, 5.41) is 7.80. The van der Waals surface area contributed by atoms with Gasteiger partial charge in [0.2, 0.25) is 5.91 Å². The highest BCUT2D eigenvalue weighted by Crippen LogP contribution is 2.33. The average Bonchev–Trinajstić information content (AvgIpc) is 3.46. The van der Waals surface area contributed by atoms with Crippen LogP contribution in [0.1, 0.15) is 40.8 Å². The van der Waals surface area contributed by atoms with E-state index in [-0.39, 0.29) is 17.9 Å². The van der Waals surface area contributed by atoms with Gasteiger partial charge in [0.1, 0.15) is 17.5 Å². The summed E-state index contributed by atoms with van der Waals surface area (Å²) < 4.78 is 3.33. The molecule has 0 radical (unpaired) electrons. The van der Waals surface area contributed by atoms with Crippen molar-refractivity contribution < 1.29 is 4.79 Å². The summed E-state index contributed by atoms with van der Waals surface area (Å²) in [4.78, 5) is 35.9. The van der Waals surface area contributed by atoms with Gasteiger partial charge in [-0.15, -0.1) is 11.3 Å². The Kier molecular flexibility index (Phi) is 5.81. The minimum atomic E-state index is -0.0870. The van der Waals surface area contributed by atoms with Crippen LogP contribution in [0.2, 0.25) is 0 Å². The number of aryl methyl sites for hydroxylation is 3. The number of benzene rings is 1. The van der Waals surface area contributed by atoms with Crippen LogP contribution in [0, 0.1) is 0 Å². The molecule has 9 heteroatoms. The second-order valence-electron chi connectivity index (χ2n) is 8.07. The van der Waals surface area contributed by atoms with Crippen molar-refractivity contribution in [3.63, 3.8) is 0 Å². The summed E-state index contributed by atoms with van der Waals surface area (Å²) in [6.45, 7) is 1.44. The van der Waals surface area contributed by atoms with Gasteiger partial charge in [-0.3, -0.25) is 14.2 Å². The Morgan fingerprint density at radius 1 is 1.09 bits per heavy atom. The smallest absolute Gasteiger partial charge is 0.262 e. The van der Waals surface area contributed by atoms with Crippen molar-refractivity contribution in [2.24, 2.45) is 0 Å². The largest absolute Gasteiger partial charge is 0.352 e. The zero-order chi connectivity index (χ0) is 21.9. The standard InChI is InChI=1S/C23H24N6O2S/c30-20(25-11-16-5-7-17(8-6-16)12-29-14-24-13-27-29)9-10-28-15-26-22-21(23(28)31)18-3-1-2-4-19(18)32-22/h5-8,13-15H,1-4,9-12H2,(H,25,30). The first-order valence-electron chi connectivity index (χ1n) is 10.8. The van der Waals surface area contributed by atoms with Crippen LogP contribution in [0.3, 0.4) is 0 Å². The number of fused-ring (bicyclic) bond motifs is 3. The van der Waals surface area contributed by atoms with Crippen molar-refractivity contribution in [1.29, 1.82) is 0 Å². The van der Waals surface area contributed by atoms with E-state index in [0.29, 0.717) is 19.6 Å². The summed E-state index contributed by atoms with van der Waals surface area (Å²) in [6.07, 6.45) is 9.31. The van der Waals surface area contributed by atoms with E-state index in [1.54, 1.807) is 33.2 Å². The first-order valence-corrected chi connectivity index (χ1v) is 11.7. The van der Waals surface area contributed by atoms with Gasteiger partial charge in [-0.05, 0) is 42.4 Å². The Morgan fingerprint density at radius 3 is 2.72 bits per heavy atom. The van der Waals surface area contributed by atoms with E-state index in [1.807, 2.05) is 24.3 Å². The van der Waals surface area contributed by atoms with E-state index in [4.69, 9.17) is 0 Å². The van der Waals surface area contributed by atoms with Crippen molar-refractivity contribution in [3.05, 3.63) is 75.2 Å². The number of rotatable bonds is 7. The Balaban J connectivity index is 1.17. The third-order valence-corrected chi connectivity index (χ3v) is 7.05. The maximum Gasteiger partial charge on any atom is 0.262 e. The molecular weight excluding hydrogens is 424 g/mol. The topological polar surface area (TPSA) is 94.7 Å². The van der Waals surface area contributed by atoms with Crippen LogP contribution >= 0.6 is 11.3 Å². The fourth-order valence-corrected chi connectivity index (χ4v) is 5.33. The molecule has 0 unspecified atom stereocenters. The highest BCUT2D eigenvalue weighted by atomic mass is 32.1. The van der Waals surface area contributed by atoms with Gasteiger partial charge in [-0.1, -0.05) is 24.3 Å². The van der Waals surface area contributed by atoms with E-state index in [2.05, 4.69) is 20.4 Å². The lowest BCUT2D eigenvalue weighted by molar-refractivity contribution is -0.121. The third-order valence-electron chi connectivity index (χ3n) is 5.85. The minimum absolute atomic E-state index is 0.0230. The lowest BCUT2D eigenvalue weighted by Crippen LogP contribution is -2.27. The molecule has 1 aliphatic carbocycles. The Labute approximate surface area is 188 Å². The molecule has 1 aromatic carbocycles. The molecule has 0 atom stereocenters. The van der Waals surface area contributed by atoms with Crippen molar-refractivity contribution in [1.82, 2.24) is 29.6 Å². The average molecular weight is 449 g/mol. The summed E-state index contributed by atoms with van der Waals surface area (Å²) in [5.41, 5.74) is 3.29. The van der Waals surface area contributed by atoms with Gasteiger partial charge in [0, 0.05) is 24.4 Å². The van der Waals surface area contributed by atoms with Crippen LogP contribution < -0.4 is 10.9 Å². The number of amides is 1. The van der Waals surface area contributed by atoms with Gasteiger partial charge in [0.15, 0.2) is 0 Å². The van der Waals surface area contributed by atoms with E-state index in [1.165, 1.54) is 23.2 Å². The van der Waals surface area contributed by atoms with E-state index in [9.17, 15) is 9.59 Å². The quantitative estimate of drug-likeness (QED) is 0.469. The number of hydrogen-bond donors (Lipinski definition) is 1. The third kappa shape index (κ3) is 4.34. The van der Waals surface area contributed by atoms with Crippen molar-refractivity contribution >= 4 is 27.5 Å². The molecule has 3 aromatic heterocycles. The van der Waals surface area contributed by atoms with E-state index in [0.717, 1.165) is 40.6 Å². The van der Waals surface area contributed by atoms with Crippen LogP contribution in [0.4, 0.5) is 0 Å². The normalized spacial score (nSPS) is 13.2. The first kappa shape index (κ1) is 20.6. The molecule has 1 amide bonds. The molecule has 0 aliphatic heterocycles. The van der Waals surface area contributed by atoms with Gasteiger partial charge >= 0.3 is 0 Å². The second kappa shape index (κ2) is 9.04. The molecule has 164 valence electrons. The van der Waals surface area contributed by atoms with Crippen LogP contribution in [0.15, 0.2) is 48.0 Å². The van der Waals surface area contributed by atoms with E-state index < -0.39 is 0 Å². The fourth-order valence-electron chi connectivity index (χ4n) is 4.12. The summed E-state index contributed by atoms with van der Waals surface area (Å²) in [6, 6.07) is 8.03. The molecule has 0 saturated heterocycles. The summed E-state index contributed by atoms with van der Waals surface area (Å²) >= 11 is 1.64. The molecule has 0 saturated carbocycles. The van der Waals surface area contributed by atoms with Crippen LogP contribution in [0.5, 0.6) is 0 Å². The number of carbonyl (C=O) groups excluding carboxylic acids is 1. The van der Waals surface area contributed by atoms with Crippen LogP contribution in [0.25, 0.3) is 10.2 Å². The lowest BCUT2D eigenvalue weighted by atomic mass is 9.97. The Morgan fingerprint density at radius 2 is 1.91 bits per heavy atom. The van der Waals surface area contributed by atoms with Gasteiger partial charge in [-0.2, -0.15) is 5.10 Å². The monoisotopic (exact) mass is 448 g/mol. The molecule has 4 aromatic rings. The molecule has 0 fully saturated rings. The Bertz CT molecular complexity index is 1290. The zero-order valence-electron chi connectivity index (χ0n) is 17.7. The fraction of sp³-hybridized carbons (Fsp3) is 0.348. The second-order valence-corrected chi connectivity index (χ2v) is 9.15. The molecule has 3 heterocycles. The molecule has 1 N–H and O–H groups in total. The number of aromatic nitrogens is 5. The molecule has 32 heavy (non-hydrogen) atoms. The highest BCUT2D eigenvalue weighted by molar-refractivity contribution is 7.18. The molecule has 0 bridgehead atoms. The predicted octanol–water partition coefficient (Wildman–Crippen LogP) is 2.68. The molecule has 1 aliphatic rings. The maximum atomic E-state index is 13.0. The molecule has 8 nitrogen and oxygen atoms in total. The summed E-state index contributed by atoms with van der Waals surface area (Å²) in [7, 11) is 0. The van der Waals surface area contributed by atoms with Gasteiger partial charge in [0.25, 0.3) is 5.56 Å². The lowest BCUT2D eigenvalue weighted by Gasteiger charge is -2.10. The van der Waals surface area contributed by atoms with E-state index >= 15 is 0 Å². The number of nitrogens with zero attached hydrogens (tertiary/aromatic N) is 5. The van der Waals surface area contributed by atoms with Crippen LogP contribution in [-0.2, 0) is 37.3 Å². The van der Waals surface area contributed by atoms with Gasteiger partial charge in [0.05, 0.1) is 18.3 Å². The van der Waals surface area contributed by atoms with Crippen molar-refractivity contribution in [2.45, 2.75) is 51.7 Å². The molecule has 0 spiro atoms. The first-order chi connectivity index (χ1) is 15.7. The minimum Gasteiger partial charge on any atom is -0.352 e. The highest BCUT2D eigenvalue weighted by Gasteiger charge is 2.20. The van der Waals surface area contributed by atoms with Gasteiger partial charge < -0.3 is 5.32 Å². The number of thiophene rings is 1. The summed E-state index contributed by atoms with van der Waals surface area (Å²) in [5.74, 6) is -0.0870. The zero-order valence-corrected chi connectivity index (χ0v) is 18.5. The Hall–Kier alpha value is -3.33. The number of hydrogen-bond acceptors (Lipinski definition) is 6. The molecular formula is C23H24N6O2S. The van der Waals surface area contributed by atoms with Gasteiger partial charge in [-0.25, -0.2) is 14.6 Å². The van der Waals surface area contributed by atoms with Crippen molar-refractivity contribution in [3.8, 4) is 0 Å². The number of nitrogens with one attached hydrogen (secondary N) is 1. The SMILES string of the molecule is O=C(CCn1cnc2sc3c(c2c1=O)CCCC3)NCc1ccc(Cn2cncn2)cc1. The predicted molar refractivity (Wildman–Crippen MR) is 123 cm³/mol. The van der Waals surface area contributed by atoms with Crippen molar-refractivity contribution in [2.75, 3.05) is 0 Å². The number of carbonyl (C=O) groups is 1.